The summed E-state index contributed by atoms with van der Waals surface area (Å²) < 4.78 is 15.7. The van der Waals surface area contributed by atoms with E-state index < -0.39 is 9.28 Å². The molecule has 0 spiro atoms. The van der Waals surface area contributed by atoms with Crippen molar-refractivity contribution >= 4 is 15.3 Å². The molecule has 1 unspecified atom stereocenters. The Bertz CT molecular complexity index is 183. The summed E-state index contributed by atoms with van der Waals surface area (Å²) in [7, 11) is 1.81. The quantitative estimate of drug-likeness (QED) is 0.462. The van der Waals surface area contributed by atoms with Crippen LogP contribution in [0.2, 0.25) is 5.54 Å². The van der Waals surface area contributed by atoms with Gasteiger partial charge >= 0.3 is 15.3 Å². The van der Waals surface area contributed by atoms with Gasteiger partial charge in [-0.05, 0) is 12.8 Å². The SMILES string of the molecule is CCCCC(CCOC(C)=O)[SiH](OC)OC. The summed E-state index contributed by atoms with van der Waals surface area (Å²) in [5, 5.41) is 0. The fourth-order valence-electron chi connectivity index (χ4n) is 1.72. The Balaban J connectivity index is 4.02. The second-order valence-corrected chi connectivity index (χ2v) is 6.49. The Morgan fingerprint density at radius 3 is 2.31 bits per heavy atom. The minimum absolute atomic E-state index is 0.220. The van der Waals surface area contributed by atoms with E-state index in [4.69, 9.17) is 13.6 Å². The van der Waals surface area contributed by atoms with Gasteiger partial charge in [0.1, 0.15) is 0 Å². The zero-order valence-electron chi connectivity index (χ0n) is 10.8. The Hall–Kier alpha value is -0.393. The average molecular weight is 248 g/mol. The summed E-state index contributed by atoms with van der Waals surface area (Å²) in [5.41, 5.74) is 0.425. The van der Waals surface area contributed by atoms with Crippen molar-refractivity contribution in [1.29, 1.82) is 0 Å². The van der Waals surface area contributed by atoms with Crippen LogP contribution in [-0.2, 0) is 18.4 Å². The van der Waals surface area contributed by atoms with E-state index in [1.165, 1.54) is 19.8 Å². The fraction of sp³-hybridized carbons (Fsp3) is 0.909. The van der Waals surface area contributed by atoms with Crippen molar-refractivity contribution in [3.8, 4) is 0 Å². The number of carbonyl (C=O) groups is 1. The number of hydrogen-bond acceptors (Lipinski definition) is 4. The molecule has 16 heavy (non-hydrogen) atoms. The largest absolute Gasteiger partial charge is 0.466 e. The Kier molecular flexibility index (Phi) is 9.57. The predicted molar refractivity (Wildman–Crippen MR) is 65.7 cm³/mol. The van der Waals surface area contributed by atoms with Gasteiger partial charge in [-0.25, -0.2) is 0 Å². The molecule has 0 bridgehead atoms. The molecule has 96 valence electrons. The molecule has 0 rings (SSSR count). The molecular formula is C11H24O4Si. The van der Waals surface area contributed by atoms with E-state index >= 15 is 0 Å². The van der Waals surface area contributed by atoms with Gasteiger partial charge < -0.3 is 13.6 Å². The molecule has 4 nitrogen and oxygen atoms in total. The van der Waals surface area contributed by atoms with E-state index in [1.54, 1.807) is 14.2 Å². The maximum absolute atomic E-state index is 10.7. The van der Waals surface area contributed by atoms with Crippen LogP contribution in [0.25, 0.3) is 0 Å². The lowest BCUT2D eigenvalue weighted by Crippen LogP contribution is -2.27. The molecule has 0 aliphatic carbocycles. The van der Waals surface area contributed by atoms with Crippen molar-refractivity contribution < 1.29 is 18.4 Å². The Morgan fingerprint density at radius 1 is 1.25 bits per heavy atom. The Morgan fingerprint density at radius 2 is 1.88 bits per heavy atom. The monoisotopic (exact) mass is 248 g/mol. The summed E-state index contributed by atoms with van der Waals surface area (Å²) in [5.74, 6) is -0.220. The molecule has 0 radical (unpaired) electrons. The van der Waals surface area contributed by atoms with Crippen molar-refractivity contribution in [1.82, 2.24) is 0 Å². The number of ether oxygens (including phenoxy) is 1. The van der Waals surface area contributed by atoms with Gasteiger partial charge in [-0.2, -0.15) is 0 Å². The van der Waals surface area contributed by atoms with E-state index in [9.17, 15) is 4.79 Å². The number of rotatable bonds is 9. The smallest absolute Gasteiger partial charge is 0.324 e. The van der Waals surface area contributed by atoms with E-state index in [0.29, 0.717) is 12.1 Å². The average Bonchev–Trinajstić information content (AvgIpc) is 2.26. The van der Waals surface area contributed by atoms with Crippen molar-refractivity contribution in [3.05, 3.63) is 0 Å². The molecule has 5 heteroatoms. The minimum Gasteiger partial charge on any atom is -0.466 e. The highest BCUT2D eigenvalue weighted by Crippen LogP contribution is 2.23. The first kappa shape index (κ1) is 15.6. The number of esters is 1. The van der Waals surface area contributed by atoms with Crippen molar-refractivity contribution in [3.63, 3.8) is 0 Å². The maximum atomic E-state index is 10.7. The fourth-order valence-corrected chi connectivity index (χ4v) is 3.60. The maximum Gasteiger partial charge on any atom is 0.324 e. The molecular weight excluding hydrogens is 224 g/mol. The van der Waals surface area contributed by atoms with Crippen molar-refractivity contribution in [2.75, 3.05) is 20.8 Å². The number of hydrogen-bond donors (Lipinski definition) is 0. The van der Waals surface area contributed by atoms with Crippen LogP contribution in [0.15, 0.2) is 0 Å². The van der Waals surface area contributed by atoms with Crippen LogP contribution in [0.5, 0.6) is 0 Å². The molecule has 0 saturated carbocycles. The lowest BCUT2D eigenvalue weighted by Gasteiger charge is -2.22. The van der Waals surface area contributed by atoms with E-state index in [0.717, 1.165) is 12.8 Å². The highest BCUT2D eigenvalue weighted by molar-refractivity contribution is 6.46. The van der Waals surface area contributed by atoms with Crippen LogP contribution in [0.1, 0.15) is 39.5 Å². The molecule has 0 aromatic rings. The summed E-state index contributed by atoms with van der Waals surface area (Å²) in [6.07, 6.45) is 4.27. The second kappa shape index (κ2) is 9.81. The third kappa shape index (κ3) is 6.98. The van der Waals surface area contributed by atoms with Gasteiger partial charge in [0, 0.05) is 26.7 Å². The molecule has 0 N–H and O–H groups in total. The van der Waals surface area contributed by atoms with Gasteiger partial charge in [0.05, 0.1) is 6.61 Å². The summed E-state index contributed by atoms with van der Waals surface area (Å²) in [4.78, 5) is 10.7. The van der Waals surface area contributed by atoms with Gasteiger partial charge in [-0.1, -0.05) is 19.8 Å². The lowest BCUT2D eigenvalue weighted by atomic mass is 10.1. The van der Waals surface area contributed by atoms with E-state index in [1.807, 2.05) is 0 Å². The van der Waals surface area contributed by atoms with E-state index in [2.05, 4.69) is 6.92 Å². The standard InChI is InChI=1S/C11H24O4Si/c1-5-6-7-11(16(13-3)14-4)8-9-15-10(2)12/h11,16H,5-9H2,1-4H3. The first-order chi connectivity index (χ1) is 7.65. The zero-order chi connectivity index (χ0) is 12.4. The van der Waals surface area contributed by atoms with E-state index in [-0.39, 0.29) is 5.97 Å². The van der Waals surface area contributed by atoms with Gasteiger partial charge in [-0.15, -0.1) is 0 Å². The van der Waals surface area contributed by atoms with Gasteiger partial charge in [0.25, 0.3) is 0 Å². The van der Waals surface area contributed by atoms with Crippen LogP contribution < -0.4 is 0 Å². The number of carbonyl (C=O) groups excluding carboxylic acids is 1. The summed E-state index contributed by atoms with van der Waals surface area (Å²) in [6.45, 7) is 4.07. The summed E-state index contributed by atoms with van der Waals surface area (Å²) >= 11 is 0. The van der Waals surface area contributed by atoms with Gasteiger partial charge in [0.15, 0.2) is 0 Å². The Labute approximate surface area is 100 Å². The molecule has 0 aromatic heterocycles. The van der Waals surface area contributed by atoms with Crippen LogP contribution in [0, 0.1) is 0 Å². The molecule has 0 amide bonds. The van der Waals surface area contributed by atoms with Crippen LogP contribution in [0.4, 0.5) is 0 Å². The van der Waals surface area contributed by atoms with Crippen LogP contribution in [0.3, 0.4) is 0 Å². The van der Waals surface area contributed by atoms with Crippen LogP contribution >= 0.6 is 0 Å². The normalized spacial score (nSPS) is 12.8. The van der Waals surface area contributed by atoms with Crippen LogP contribution in [-0.4, -0.2) is 36.1 Å². The first-order valence-electron chi connectivity index (χ1n) is 5.84. The lowest BCUT2D eigenvalue weighted by molar-refractivity contribution is -0.141. The predicted octanol–water partition coefficient (Wildman–Crippen LogP) is 2.01. The third-order valence-corrected chi connectivity index (χ3v) is 4.94. The second-order valence-electron chi connectivity index (χ2n) is 3.87. The molecule has 1 atom stereocenters. The molecule has 0 aliphatic heterocycles. The molecule has 0 aromatic carbocycles. The highest BCUT2D eigenvalue weighted by Gasteiger charge is 2.23. The topological polar surface area (TPSA) is 44.8 Å². The van der Waals surface area contributed by atoms with Gasteiger partial charge in [-0.3, -0.25) is 4.79 Å². The van der Waals surface area contributed by atoms with Crippen molar-refractivity contribution in [2.24, 2.45) is 0 Å². The van der Waals surface area contributed by atoms with Gasteiger partial charge in [0.2, 0.25) is 0 Å². The zero-order valence-corrected chi connectivity index (χ0v) is 12.0. The molecule has 0 heterocycles. The summed E-state index contributed by atoms with van der Waals surface area (Å²) in [6, 6.07) is 0. The third-order valence-electron chi connectivity index (χ3n) is 2.57. The highest BCUT2D eigenvalue weighted by atomic mass is 28.3. The molecule has 0 fully saturated rings. The molecule has 0 aliphatic rings. The van der Waals surface area contributed by atoms with Crippen molar-refractivity contribution in [2.45, 2.75) is 45.1 Å². The number of unbranched alkanes of at least 4 members (excludes halogenated alkanes) is 1. The minimum atomic E-state index is -1.59. The molecule has 0 saturated heterocycles. The first-order valence-corrected chi connectivity index (χ1v) is 7.45.